The summed E-state index contributed by atoms with van der Waals surface area (Å²) in [6.07, 6.45) is 10.8. The van der Waals surface area contributed by atoms with Crippen LogP contribution in [0.3, 0.4) is 0 Å². The van der Waals surface area contributed by atoms with Gasteiger partial charge in [0.05, 0.1) is 6.61 Å². The lowest BCUT2D eigenvalue weighted by atomic mass is 10.1. The number of hydrogen-bond acceptors (Lipinski definition) is 7. The summed E-state index contributed by atoms with van der Waals surface area (Å²) in [4.78, 5) is 50.2. The predicted octanol–water partition coefficient (Wildman–Crippen LogP) is 2.61. The van der Waals surface area contributed by atoms with Crippen LogP contribution in [-0.2, 0) is 23.9 Å². The van der Waals surface area contributed by atoms with E-state index >= 15 is 0 Å². The van der Waals surface area contributed by atoms with Gasteiger partial charge in [-0.3, -0.25) is 19.5 Å². The van der Waals surface area contributed by atoms with Crippen molar-refractivity contribution in [3.8, 4) is 0 Å². The fourth-order valence-corrected chi connectivity index (χ4v) is 3.11. The van der Waals surface area contributed by atoms with Gasteiger partial charge in [0.1, 0.15) is 11.3 Å². The quantitative estimate of drug-likeness (QED) is 0.464. The minimum absolute atomic E-state index is 0.0644. The largest absolute Gasteiger partial charge is 0.462 e. The highest BCUT2D eigenvalue weighted by Gasteiger charge is 2.38. The molecule has 4 rings (SSSR count). The van der Waals surface area contributed by atoms with Crippen LogP contribution in [0.15, 0.2) is 70.8 Å². The average molecular weight is 418 g/mol. The van der Waals surface area contributed by atoms with Crippen LogP contribution in [0.5, 0.6) is 0 Å². The number of rotatable bonds is 4. The molecule has 0 saturated heterocycles. The van der Waals surface area contributed by atoms with Crippen LogP contribution in [-0.4, -0.2) is 45.3 Å². The van der Waals surface area contributed by atoms with Crippen molar-refractivity contribution in [3.63, 3.8) is 0 Å². The maximum atomic E-state index is 13.1. The standard InChI is InChI=1S/C22H18N4O5/c1-3-30-22(29)18-19(28)17(10-14-11-25-21-15(14)6-4-7-24-21)31-20(18)16-12-26(13(2)27)9-5-8-23-16/h4-12H,3H2,1-2H3,(H,24,25). The van der Waals surface area contributed by atoms with Crippen LogP contribution < -0.4 is 0 Å². The number of Topliss-reactive ketones (excluding diaryl/α,β-unsaturated/α-hetero) is 1. The molecule has 2 aliphatic heterocycles. The smallest absolute Gasteiger partial charge is 0.346 e. The number of aromatic nitrogens is 2. The molecule has 1 N–H and O–H groups in total. The monoisotopic (exact) mass is 418 g/mol. The van der Waals surface area contributed by atoms with Crippen molar-refractivity contribution in [2.45, 2.75) is 13.8 Å². The van der Waals surface area contributed by atoms with Gasteiger partial charge in [0, 0.05) is 48.9 Å². The number of amides is 1. The van der Waals surface area contributed by atoms with Crippen LogP contribution in [0.25, 0.3) is 17.1 Å². The normalized spacial score (nSPS) is 17.2. The summed E-state index contributed by atoms with van der Waals surface area (Å²) in [6, 6.07) is 3.62. The predicted molar refractivity (Wildman–Crippen MR) is 112 cm³/mol. The topological polar surface area (TPSA) is 114 Å². The van der Waals surface area contributed by atoms with E-state index < -0.39 is 11.8 Å². The number of nitrogens with one attached hydrogen (secondary N) is 1. The molecule has 9 heteroatoms. The maximum absolute atomic E-state index is 13.1. The second-order valence-electron chi connectivity index (χ2n) is 6.57. The number of aromatic amines is 1. The number of aliphatic imine (C=N–C) groups is 1. The second kappa shape index (κ2) is 8.23. The Bertz CT molecular complexity index is 1250. The molecule has 31 heavy (non-hydrogen) atoms. The summed E-state index contributed by atoms with van der Waals surface area (Å²) in [7, 11) is 0. The number of carbonyl (C=O) groups is 3. The van der Waals surface area contributed by atoms with Gasteiger partial charge in [-0.2, -0.15) is 0 Å². The summed E-state index contributed by atoms with van der Waals surface area (Å²) in [5.74, 6) is -1.86. The first-order chi connectivity index (χ1) is 15.0. The molecule has 9 nitrogen and oxygen atoms in total. The van der Waals surface area contributed by atoms with Crippen LogP contribution in [0.1, 0.15) is 19.4 Å². The SMILES string of the molecule is CCOC(=O)C1=C(C2=CN(C(C)=O)C=CC=N2)OC(=Cc2c[nH]c3ncccc23)C1=O. The minimum atomic E-state index is -0.825. The molecule has 0 bridgehead atoms. The van der Waals surface area contributed by atoms with E-state index in [4.69, 9.17) is 9.47 Å². The summed E-state index contributed by atoms with van der Waals surface area (Å²) in [5.41, 5.74) is 1.18. The number of nitrogens with zero attached hydrogens (tertiary/aromatic N) is 3. The average Bonchev–Trinajstić information content (AvgIpc) is 3.19. The molecule has 0 atom stereocenters. The molecule has 0 spiro atoms. The molecule has 4 heterocycles. The highest BCUT2D eigenvalue weighted by molar-refractivity contribution is 6.27. The van der Waals surface area contributed by atoms with E-state index in [-0.39, 0.29) is 35.3 Å². The number of ketones is 1. The molecular formula is C22H18N4O5. The fraction of sp³-hybridized carbons (Fsp3) is 0.136. The van der Waals surface area contributed by atoms with Crippen molar-refractivity contribution in [1.29, 1.82) is 0 Å². The molecule has 156 valence electrons. The zero-order valence-corrected chi connectivity index (χ0v) is 16.8. The summed E-state index contributed by atoms with van der Waals surface area (Å²) in [5, 5.41) is 0.788. The van der Waals surface area contributed by atoms with Crippen LogP contribution in [0, 0.1) is 0 Å². The molecule has 0 saturated carbocycles. The molecule has 2 aliphatic rings. The Morgan fingerprint density at radius 2 is 2.19 bits per heavy atom. The second-order valence-corrected chi connectivity index (χ2v) is 6.57. The van der Waals surface area contributed by atoms with Gasteiger partial charge in [-0.1, -0.05) is 0 Å². The molecule has 0 radical (unpaired) electrons. The summed E-state index contributed by atoms with van der Waals surface area (Å²) >= 11 is 0. The fourth-order valence-electron chi connectivity index (χ4n) is 3.11. The number of fused-ring (bicyclic) bond motifs is 1. The van der Waals surface area contributed by atoms with Crippen molar-refractivity contribution in [2.75, 3.05) is 6.61 Å². The van der Waals surface area contributed by atoms with Crippen molar-refractivity contribution >= 4 is 41.0 Å². The molecule has 0 unspecified atom stereocenters. The van der Waals surface area contributed by atoms with Gasteiger partial charge < -0.3 is 14.5 Å². The van der Waals surface area contributed by atoms with Gasteiger partial charge in [0.2, 0.25) is 11.7 Å². The summed E-state index contributed by atoms with van der Waals surface area (Å²) in [6.45, 7) is 3.10. The Balaban J connectivity index is 1.79. The number of allylic oxidation sites excluding steroid dienone is 2. The third-order valence-electron chi connectivity index (χ3n) is 4.54. The molecule has 1 amide bonds. The van der Waals surface area contributed by atoms with E-state index in [0.29, 0.717) is 11.2 Å². The van der Waals surface area contributed by atoms with E-state index in [1.54, 1.807) is 31.5 Å². The van der Waals surface area contributed by atoms with Crippen LogP contribution in [0.4, 0.5) is 0 Å². The molecule has 0 aliphatic carbocycles. The molecule has 2 aromatic heterocycles. The van der Waals surface area contributed by atoms with Gasteiger partial charge >= 0.3 is 5.97 Å². The van der Waals surface area contributed by atoms with Crippen LogP contribution >= 0.6 is 0 Å². The molecule has 0 fully saturated rings. The number of esters is 1. The third kappa shape index (κ3) is 3.80. The Labute approximate surface area is 177 Å². The molecule has 2 aromatic rings. The van der Waals surface area contributed by atoms with E-state index in [0.717, 1.165) is 5.39 Å². The number of hydrogen-bond donors (Lipinski definition) is 1. The lowest BCUT2D eigenvalue weighted by Gasteiger charge is -2.11. The van der Waals surface area contributed by atoms with E-state index in [9.17, 15) is 14.4 Å². The zero-order valence-electron chi connectivity index (χ0n) is 16.8. The summed E-state index contributed by atoms with van der Waals surface area (Å²) < 4.78 is 10.9. The van der Waals surface area contributed by atoms with E-state index in [1.165, 1.54) is 36.5 Å². The van der Waals surface area contributed by atoms with Gasteiger partial charge in [-0.25, -0.2) is 9.78 Å². The highest BCUT2D eigenvalue weighted by atomic mass is 16.5. The number of carbonyl (C=O) groups excluding carboxylic acids is 3. The van der Waals surface area contributed by atoms with Crippen molar-refractivity contribution in [1.82, 2.24) is 14.9 Å². The van der Waals surface area contributed by atoms with Crippen LogP contribution in [0.2, 0.25) is 0 Å². The van der Waals surface area contributed by atoms with Gasteiger partial charge in [0.15, 0.2) is 17.1 Å². The Kier molecular flexibility index (Phi) is 5.31. The lowest BCUT2D eigenvalue weighted by Crippen LogP contribution is -2.17. The van der Waals surface area contributed by atoms with Gasteiger partial charge in [0.25, 0.3) is 0 Å². The van der Waals surface area contributed by atoms with Crippen molar-refractivity contribution < 1.29 is 23.9 Å². The molecular weight excluding hydrogens is 400 g/mol. The van der Waals surface area contributed by atoms with E-state index in [1.807, 2.05) is 6.07 Å². The van der Waals surface area contributed by atoms with Gasteiger partial charge in [-0.15, -0.1) is 0 Å². The Morgan fingerprint density at radius 1 is 1.35 bits per heavy atom. The third-order valence-corrected chi connectivity index (χ3v) is 4.54. The first-order valence-corrected chi connectivity index (χ1v) is 9.49. The molecule has 0 aromatic carbocycles. The van der Waals surface area contributed by atoms with Crippen molar-refractivity contribution in [3.05, 3.63) is 71.4 Å². The first-order valence-electron chi connectivity index (χ1n) is 9.49. The zero-order chi connectivity index (χ0) is 22.0. The maximum Gasteiger partial charge on any atom is 0.346 e. The lowest BCUT2D eigenvalue weighted by molar-refractivity contribution is -0.139. The minimum Gasteiger partial charge on any atom is -0.462 e. The van der Waals surface area contributed by atoms with Crippen molar-refractivity contribution in [2.24, 2.45) is 4.99 Å². The highest BCUT2D eigenvalue weighted by Crippen LogP contribution is 2.34. The number of pyridine rings is 1. The number of ether oxygens (including phenoxy) is 2. The number of H-pyrrole nitrogens is 1. The first kappa shape index (κ1) is 20.0. The Morgan fingerprint density at radius 3 is 2.97 bits per heavy atom. The van der Waals surface area contributed by atoms with Gasteiger partial charge in [-0.05, 0) is 31.2 Å². The Hall–Kier alpha value is -4.27. The van der Waals surface area contributed by atoms with E-state index in [2.05, 4.69) is 15.0 Å².